The summed E-state index contributed by atoms with van der Waals surface area (Å²) in [6.07, 6.45) is 2.75. The summed E-state index contributed by atoms with van der Waals surface area (Å²) < 4.78 is 8.68. The normalized spacial score (nSPS) is 18.5. The number of rotatable bonds is 7. The Balaban J connectivity index is 1.80. The first kappa shape index (κ1) is 22.0. The van der Waals surface area contributed by atoms with Gasteiger partial charge in [0, 0.05) is 42.3 Å². The molecule has 0 amide bonds. The first-order valence-corrected chi connectivity index (χ1v) is 11.6. The van der Waals surface area contributed by atoms with Crippen LogP contribution in [-0.4, -0.2) is 39.8 Å². The summed E-state index contributed by atoms with van der Waals surface area (Å²) in [5.74, 6) is 0. The Morgan fingerprint density at radius 2 is 1.94 bits per heavy atom. The van der Waals surface area contributed by atoms with Gasteiger partial charge in [0.25, 0.3) is 0 Å². The third kappa shape index (κ3) is 4.27. The van der Waals surface area contributed by atoms with Gasteiger partial charge in [0.1, 0.15) is 0 Å². The van der Waals surface area contributed by atoms with Gasteiger partial charge in [0.2, 0.25) is 0 Å². The lowest BCUT2D eigenvalue weighted by Crippen LogP contribution is -2.31. The molecule has 1 N–H and O–H groups in total. The molecule has 0 radical (unpaired) electrons. The lowest BCUT2D eigenvalue weighted by molar-refractivity contribution is 0.180. The molecule has 0 aliphatic carbocycles. The van der Waals surface area contributed by atoms with E-state index in [0.717, 1.165) is 33.9 Å². The summed E-state index contributed by atoms with van der Waals surface area (Å²) in [6.45, 7) is 5.87. The summed E-state index contributed by atoms with van der Waals surface area (Å²) in [7, 11) is 1.74. The molecule has 3 heterocycles. The number of nitrogens with zero attached hydrogens (tertiary/aromatic N) is 3. The van der Waals surface area contributed by atoms with Crippen LogP contribution in [0.2, 0.25) is 0 Å². The van der Waals surface area contributed by atoms with E-state index in [1.165, 1.54) is 17.0 Å². The number of aromatic nitrogens is 2. The predicted octanol–water partition coefficient (Wildman–Crippen LogP) is 5.26. The minimum Gasteiger partial charge on any atom is -0.385 e. The maximum absolute atomic E-state index is 5.77. The van der Waals surface area contributed by atoms with E-state index < -0.39 is 0 Å². The maximum atomic E-state index is 5.77. The topological polar surface area (TPSA) is 42.3 Å². The molecule has 2 atom stereocenters. The number of benzene rings is 1. The number of hydrogen-bond donors (Lipinski definition) is 1. The van der Waals surface area contributed by atoms with Crippen LogP contribution in [0.15, 0.2) is 59.2 Å². The minimum absolute atomic E-state index is 0.00981. The fraction of sp³-hybridized carbons (Fsp3) is 0.333. The van der Waals surface area contributed by atoms with E-state index in [9.17, 15) is 0 Å². The quantitative estimate of drug-likeness (QED) is 0.355. The second kappa shape index (κ2) is 9.51. The third-order valence-electron chi connectivity index (χ3n) is 5.83. The van der Waals surface area contributed by atoms with Crippen LogP contribution in [0.4, 0.5) is 0 Å². The summed E-state index contributed by atoms with van der Waals surface area (Å²) in [5.41, 5.74) is 5.79. The Labute approximate surface area is 197 Å². The maximum Gasteiger partial charge on any atom is 0.170 e. The van der Waals surface area contributed by atoms with Gasteiger partial charge in [0.15, 0.2) is 5.11 Å². The molecule has 31 heavy (non-hydrogen) atoms. The van der Waals surface area contributed by atoms with E-state index >= 15 is 0 Å². The number of ether oxygens (including phenoxy) is 1. The molecule has 0 unspecified atom stereocenters. The summed E-state index contributed by atoms with van der Waals surface area (Å²) in [6, 6.07) is 16.7. The lowest BCUT2D eigenvalue weighted by Gasteiger charge is -2.28. The summed E-state index contributed by atoms with van der Waals surface area (Å²) >= 11 is 9.49. The highest BCUT2D eigenvalue weighted by Crippen LogP contribution is 2.41. The molecule has 0 spiro atoms. The van der Waals surface area contributed by atoms with Crippen molar-refractivity contribution in [3.05, 3.63) is 81.8 Å². The van der Waals surface area contributed by atoms with Crippen LogP contribution < -0.4 is 5.32 Å². The summed E-state index contributed by atoms with van der Waals surface area (Å²) in [5, 5.41) is 4.30. The number of methoxy groups -OCH3 is 1. The third-order valence-corrected chi connectivity index (χ3v) is 6.85. The molecule has 7 heteroatoms. The Morgan fingerprint density at radius 1 is 1.16 bits per heavy atom. The van der Waals surface area contributed by atoms with Gasteiger partial charge in [0.05, 0.1) is 23.5 Å². The van der Waals surface area contributed by atoms with Gasteiger partial charge in [-0.2, -0.15) is 0 Å². The van der Waals surface area contributed by atoms with Gasteiger partial charge >= 0.3 is 0 Å². The zero-order chi connectivity index (χ0) is 22.0. The number of nitrogens with one attached hydrogen (secondary N) is 1. The molecule has 5 nitrogen and oxygen atoms in total. The number of para-hydroxylation sites is 1. The van der Waals surface area contributed by atoms with Crippen LogP contribution in [-0.2, 0) is 4.74 Å². The van der Waals surface area contributed by atoms with Crippen molar-refractivity contribution < 1.29 is 4.74 Å². The second-order valence-corrected chi connectivity index (χ2v) is 9.02. The number of aryl methyl sites for hydroxylation is 1. The molecular weight excluding hydrogens is 472 g/mol. The van der Waals surface area contributed by atoms with Crippen LogP contribution in [0.3, 0.4) is 0 Å². The van der Waals surface area contributed by atoms with Crippen molar-refractivity contribution in [2.75, 3.05) is 20.3 Å². The Bertz CT molecular complexity index is 1070. The molecule has 4 rings (SSSR count). The van der Waals surface area contributed by atoms with Crippen molar-refractivity contribution in [3.8, 4) is 5.69 Å². The first-order valence-electron chi connectivity index (χ1n) is 10.4. The zero-order valence-electron chi connectivity index (χ0n) is 18.0. The van der Waals surface area contributed by atoms with E-state index in [1.54, 1.807) is 7.11 Å². The van der Waals surface area contributed by atoms with Crippen molar-refractivity contribution in [1.29, 1.82) is 0 Å². The largest absolute Gasteiger partial charge is 0.385 e. The zero-order valence-corrected chi connectivity index (χ0v) is 20.4. The second-order valence-electron chi connectivity index (χ2n) is 7.78. The van der Waals surface area contributed by atoms with E-state index in [-0.39, 0.29) is 12.1 Å². The van der Waals surface area contributed by atoms with Gasteiger partial charge in [-0.25, -0.2) is 0 Å². The van der Waals surface area contributed by atoms with E-state index in [0.29, 0.717) is 6.61 Å². The van der Waals surface area contributed by atoms with Gasteiger partial charge in [-0.3, -0.25) is 4.98 Å². The average Bonchev–Trinajstić information content (AvgIpc) is 3.25. The van der Waals surface area contributed by atoms with Crippen molar-refractivity contribution in [3.63, 3.8) is 0 Å². The van der Waals surface area contributed by atoms with E-state index in [1.807, 2.05) is 24.4 Å². The smallest absolute Gasteiger partial charge is 0.170 e. The summed E-state index contributed by atoms with van der Waals surface area (Å²) in [4.78, 5) is 6.94. The molecule has 2 aromatic heterocycles. The van der Waals surface area contributed by atoms with Crippen LogP contribution in [0.1, 0.15) is 41.1 Å². The fourth-order valence-corrected chi connectivity index (χ4v) is 5.25. The molecule has 1 aromatic carbocycles. The molecular formula is C24H27BrN4OS. The van der Waals surface area contributed by atoms with E-state index in [4.69, 9.17) is 17.0 Å². The van der Waals surface area contributed by atoms with Crippen LogP contribution in [0, 0.1) is 13.8 Å². The van der Waals surface area contributed by atoms with Crippen molar-refractivity contribution >= 4 is 33.3 Å². The van der Waals surface area contributed by atoms with Crippen LogP contribution in [0.25, 0.3) is 5.69 Å². The highest BCUT2D eigenvalue weighted by Gasteiger charge is 2.41. The molecule has 1 fully saturated rings. The Hall–Kier alpha value is -2.22. The van der Waals surface area contributed by atoms with Crippen molar-refractivity contribution in [2.45, 2.75) is 32.4 Å². The fourth-order valence-electron chi connectivity index (χ4n) is 4.45. The average molecular weight is 499 g/mol. The van der Waals surface area contributed by atoms with E-state index in [2.05, 4.69) is 79.9 Å². The minimum atomic E-state index is -0.00981. The van der Waals surface area contributed by atoms with Crippen LogP contribution >= 0.6 is 28.1 Å². The monoisotopic (exact) mass is 498 g/mol. The van der Waals surface area contributed by atoms with Gasteiger partial charge in [-0.15, -0.1) is 0 Å². The molecule has 162 valence electrons. The van der Waals surface area contributed by atoms with Crippen LogP contribution in [0.5, 0.6) is 0 Å². The molecule has 1 aliphatic rings. The molecule has 1 saturated heterocycles. The molecule has 0 saturated carbocycles. The predicted molar refractivity (Wildman–Crippen MR) is 132 cm³/mol. The number of thiocarbonyl (C=S) groups is 1. The van der Waals surface area contributed by atoms with Gasteiger partial charge in [-0.1, -0.05) is 18.2 Å². The first-order chi connectivity index (χ1) is 15.0. The van der Waals surface area contributed by atoms with Gasteiger partial charge in [-0.05, 0) is 84.3 Å². The highest BCUT2D eigenvalue weighted by molar-refractivity contribution is 9.10. The highest BCUT2D eigenvalue weighted by atomic mass is 79.9. The van der Waals surface area contributed by atoms with Gasteiger partial charge < -0.3 is 19.5 Å². The Kier molecular flexibility index (Phi) is 6.74. The molecule has 3 aromatic rings. The number of pyridine rings is 1. The van der Waals surface area contributed by atoms with Crippen molar-refractivity contribution in [2.24, 2.45) is 0 Å². The Morgan fingerprint density at radius 3 is 2.65 bits per heavy atom. The number of halogens is 1. The van der Waals surface area contributed by atoms with Crippen molar-refractivity contribution in [1.82, 2.24) is 19.8 Å². The SMILES string of the molecule is COCCCN1C(=S)N[C@@H](c2ccccn2)[C@@H]1c1cc(C)n(-c2ccccc2Br)c1C. The molecule has 1 aliphatic heterocycles. The molecule has 0 bridgehead atoms. The number of hydrogen-bond acceptors (Lipinski definition) is 3. The standard InChI is InChI=1S/C24H27BrN4OS/c1-16-15-18(17(2)29(16)21-11-5-4-9-19(21)25)23-22(20-10-6-7-12-26-20)27-24(31)28(23)13-8-14-30-3/h4-7,9-12,15,22-23H,8,13-14H2,1-3H3,(H,27,31)/t22-,23-/m0/s1. The lowest BCUT2D eigenvalue weighted by atomic mass is 9.96.